The topological polar surface area (TPSA) is 143 Å². The summed E-state index contributed by atoms with van der Waals surface area (Å²) in [6.07, 6.45) is 0.468. The van der Waals surface area contributed by atoms with Gasteiger partial charge in [0.15, 0.2) is 0 Å². The fraction of sp³-hybridized carbons (Fsp3) is 0.387. The molecule has 2 aromatic carbocycles. The highest BCUT2D eigenvalue weighted by atomic mass is 35.5. The Kier molecular flexibility index (Phi) is 10.9. The van der Waals surface area contributed by atoms with E-state index in [1.807, 2.05) is 19.9 Å². The van der Waals surface area contributed by atoms with Crippen LogP contribution in [0, 0.1) is 0 Å². The molecule has 0 bridgehead atoms. The van der Waals surface area contributed by atoms with E-state index in [1.54, 1.807) is 45.0 Å². The lowest BCUT2D eigenvalue weighted by Gasteiger charge is -2.29. The molecule has 12 heteroatoms. The molecule has 0 saturated carbocycles. The van der Waals surface area contributed by atoms with Gasteiger partial charge in [-0.2, -0.15) is 0 Å². The van der Waals surface area contributed by atoms with E-state index < -0.39 is 29.6 Å². The molecule has 5 amide bonds. The van der Waals surface area contributed by atoms with E-state index in [4.69, 9.17) is 21.1 Å². The Morgan fingerprint density at radius 1 is 1.12 bits per heavy atom. The van der Waals surface area contributed by atoms with E-state index in [1.165, 1.54) is 11.0 Å². The number of nitrogens with zero attached hydrogens (tertiary/aromatic N) is 1. The number of ether oxygens (including phenoxy) is 2. The zero-order valence-electron chi connectivity index (χ0n) is 25.0. The fourth-order valence-electron chi connectivity index (χ4n) is 4.39. The summed E-state index contributed by atoms with van der Waals surface area (Å²) < 4.78 is 10.9. The second-order valence-corrected chi connectivity index (χ2v) is 11.2. The van der Waals surface area contributed by atoms with E-state index in [-0.39, 0.29) is 49.9 Å². The van der Waals surface area contributed by atoms with Gasteiger partial charge in [-0.15, -0.1) is 0 Å². The van der Waals surface area contributed by atoms with Crippen molar-refractivity contribution in [1.82, 2.24) is 15.5 Å². The van der Waals surface area contributed by atoms with Gasteiger partial charge in [0.2, 0.25) is 11.8 Å². The first kappa shape index (κ1) is 33.1. The summed E-state index contributed by atoms with van der Waals surface area (Å²) in [5, 5.41) is 8.04. The van der Waals surface area contributed by atoms with Crippen LogP contribution >= 0.6 is 11.6 Å². The molecule has 1 saturated heterocycles. The minimum absolute atomic E-state index is 0.122. The maximum absolute atomic E-state index is 12.9. The number of carbonyl (C=O) groups excluding carboxylic acids is 5. The Morgan fingerprint density at radius 3 is 2.51 bits per heavy atom. The molecular weight excluding hydrogens is 576 g/mol. The second-order valence-electron chi connectivity index (χ2n) is 10.8. The Bertz CT molecular complexity index is 1430. The van der Waals surface area contributed by atoms with Crippen LogP contribution in [-0.4, -0.2) is 52.9 Å². The Hall–Kier alpha value is -4.38. The maximum Gasteiger partial charge on any atom is 0.337 e. The van der Waals surface area contributed by atoms with Crippen molar-refractivity contribution in [3.8, 4) is 5.75 Å². The number of carbonyl (C=O) groups is 5. The van der Waals surface area contributed by atoms with E-state index in [0.29, 0.717) is 22.0 Å². The highest BCUT2D eigenvalue weighted by Gasteiger charge is 2.39. The van der Waals surface area contributed by atoms with Crippen LogP contribution in [0.4, 0.5) is 10.5 Å². The number of fused-ring (bicyclic) bond motifs is 1. The van der Waals surface area contributed by atoms with Gasteiger partial charge in [0.05, 0.1) is 5.57 Å². The number of esters is 1. The molecule has 2 aromatic rings. The first-order chi connectivity index (χ1) is 20.3. The highest BCUT2D eigenvalue weighted by Crippen LogP contribution is 2.28. The van der Waals surface area contributed by atoms with E-state index >= 15 is 0 Å². The van der Waals surface area contributed by atoms with Crippen LogP contribution in [0.5, 0.6) is 5.75 Å². The molecule has 4 rings (SSSR count). The molecule has 43 heavy (non-hydrogen) atoms. The zero-order chi connectivity index (χ0) is 31.9. The number of hydrogen-bond acceptors (Lipinski definition) is 7. The molecular formula is C31H37ClN4O7. The van der Waals surface area contributed by atoms with Crippen molar-refractivity contribution in [2.75, 3.05) is 11.9 Å². The summed E-state index contributed by atoms with van der Waals surface area (Å²) in [5.74, 6) is -1.32. The first-order valence-corrected chi connectivity index (χ1v) is 14.3. The van der Waals surface area contributed by atoms with Crippen molar-refractivity contribution in [3.05, 3.63) is 70.3 Å². The molecule has 0 radical (unpaired) electrons. The van der Waals surface area contributed by atoms with Crippen molar-refractivity contribution in [2.45, 2.75) is 72.2 Å². The number of urea groups is 1. The number of benzene rings is 2. The number of hydrogen-bond donors (Lipinski definition) is 3. The van der Waals surface area contributed by atoms with E-state index in [9.17, 15) is 24.0 Å². The SMILES string of the molecule is C=C(COc1cc(Cl)cc(NC(=O)NCc2ccc3c(c2)CN(C2CCC(=O)NC2=O)C3=O)c1)C(=O)OC(C)(C)C.CC. The van der Waals surface area contributed by atoms with Gasteiger partial charge in [-0.1, -0.05) is 44.2 Å². The highest BCUT2D eigenvalue weighted by molar-refractivity contribution is 6.31. The van der Waals surface area contributed by atoms with Crippen molar-refractivity contribution in [1.29, 1.82) is 0 Å². The van der Waals surface area contributed by atoms with Crippen LogP contribution in [0.15, 0.2) is 48.6 Å². The van der Waals surface area contributed by atoms with E-state index in [2.05, 4.69) is 22.5 Å². The number of nitrogens with one attached hydrogen (secondary N) is 3. The Morgan fingerprint density at radius 2 is 1.84 bits per heavy atom. The smallest absolute Gasteiger partial charge is 0.337 e. The average molecular weight is 613 g/mol. The van der Waals surface area contributed by atoms with Crippen LogP contribution in [-0.2, 0) is 32.2 Å². The van der Waals surface area contributed by atoms with Crippen LogP contribution in [0.25, 0.3) is 0 Å². The maximum atomic E-state index is 12.9. The van der Waals surface area contributed by atoms with Crippen LogP contribution in [0.1, 0.15) is 68.9 Å². The summed E-state index contributed by atoms with van der Waals surface area (Å²) in [6.45, 7) is 13.2. The van der Waals surface area contributed by atoms with Gasteiger partial charge < -0.3 is 25.0 Å². The zero-order valence-corrected chi connectivity index (χ0v) is 25.7. The molecule has 2 heterocycles. The standard InChI is InChI=1S/C29H31ClN4O7.C2H6/c1-16(27(38)41-29(2,3)4)15-40-21-11-19(30)10-20(12-21)32-28(39)31-13-17-5-6-22-18(9-17)14-34(26(22)37)23-7-8-24(35)33-25(23)36;1-2/h5-6,9-12,23H,1,7-8,13-15H2,2-4H3,(H2,31,32,39)(H,33,35,36);1-2H3. The monoisotopic (exact) mass is 612 g/mol. The van der Waals surface area contributed by atoms with Gasteiger partial charge >= 0.3 is 12.0 Å². The van der Waals surface area contributed by atoms with Crippen LogP contribution < -0.4 is 20.7 Å². The third-order valence-corrected chi connectivity index (χ3v) is 6.49. The number of piperidine rings is 1. The summed E-state index contributed by atoms with van der Waals surface area (Å²) in [4.78, 5) is 62.7. The lowest BCUT2D eigenvalue weighted by molar-refractivity contribution is -0.150. The van der Waals surface area contributed by atoms with Gasteiger partial charge in [0, 0.05) is 41.9 Å². The Labute approximate surface area is 255 Å². The summed E-state index contributed by atoms with van der Waals surface area (Å²) in [5.41, 5.74) is 1.82. The van der Waals surface area contributed by atoms with Gasteiger partial charge in [-0.05, 0) is 56.5 Å². The Balaban J connectivity index is 0.00000248. The predicted molar refractivity (Wildman–Crippen MR) is 162 cm³/mol. The van der Waals surface area contributed by atoms with Gasteiger partial charge in [0.1, 0.15) is 24.0 Å². The number of rotatable bonds is 8. The molecule has 2 aliphatic heterocycles. The van der Waals surface area contributed by atoms with Crippen molar-refractivity contribution in [3.63, 3.8) is 0 Å². The second kappa shape index (κ2) is 14.2. The summed E-state index contributed by atoms with van der Waals surface area (Å²) in [7, 11) is 0. The van der Waals surface area contributed by atoms with Crippen LogP contribution in [0.3, 0.4) is 0 Å². The molecule has 0 aliphatic carbocycles. The third kappa shape index (κ3) is 9.05. The van der Waals surface area contributed by atoms with E-state index in [0.717, 1.165) is 11.1 Å². The molecule has 1 fully saturated rings. The minimum Gasteiger partial charge on any atom is -0.489 e. The predicted octanol–water partition coefficient (Wildman–Crippen LogP) is 4.73. The van der Waals surface area contributed by atoms with Crippen molar-refractivity contribution in [2.24, 2.45) is 0 Å². The van der Waals surface area contributed by atoms with Crippen molar-refractivity contribution >= 4 is 47.0 Å². The largest absolute Gasteiger partial charge is 0.489 e. The molecule has 1 unspecified atom stereocenters. The number of halogens is 1. The lowest BCUT2D eigenvalue weighted by atomic mass is 10.0. The van der Waals surface area contributed by atoms with Gasteiger partial charge in [-0.25, -0.2) is 9.59 Å². The summed E-state index contributed by atoms with van der Waals surface area (Å²) >= 11 is 6.18. The fourth-order valence-corrected chi connectivity index (χ4v) is 4.62. The normalized spacial score (nSPS) is 15.9. The number of amides is 5. The van der Waals surface area contributed by atoms with Gasteiger partial charge in [-0.3, -0.25) is 19.7 Å². The van der Waals surface area contributed by atoms with Crippen molar-refractivity contribution < 1.29 is 33.4 Å². The molecule has 11 nitrogen and oxygen atoms in total. The minimum atomic E-state index is -0.693. The average Bonchev–Trinajstić information content (AvgIpc) is 3.25. The number of imide groups is 1. The molecule has 0 spiro atoms. The lowest BCUT2D eigenvalue weighted by Crippen LogP contribution is -2.52. The quantitative estimate of drug-likeness (QED) is 0.222. The number of anilines is 1. The summed E-state index contributed by atoms with van der Waals surface area (Å²) in [6, 6.07) is 8.65. The molecule has 3 N–H and O–H groups in total. The molecule has 2 aliphatic rings. The third-order valence-electron chi connectivity index (χ3n) is 6.27. The van der Waals surface area contributed by atoms with Crippen LogP contribution in [0.2, 0.25) is 5.02 Å². The molecule has 1 atom stereocenters. The first-order valence-electron chi connectivity index (χ1n) is 13.9. The molecule has 0 aromatic heterocycles. The van der Waals surface area contributed by atoms with Gasteiger partial charge in [0.25, 0.3) is 5.91 Å². The molecule has 230 valence electrons.